The van der Waals surface area contributed by atoms with Gasteiger partial charge in [0.15, 0.2) is 5.82 Å². The van der Waals surface area contributed by atoms with Crippen molar-refractivity contribution in [2.45, 2.75) is 39.2 Å². The van der Waals surface area contributed by atoms with Crippen molar-refractivity contribution >= 4 is 23.0 Å². The molecule has 0 unspecified atom stereocenters. The van der Waals surface area contributed by atoms with Gasteiger partial charge in [0.2, 0.25) is 11.9 Å². The zero-order chi connectivity index (χ0) is 27.6. The summed E-state index contributed by atoms with van der Waals surface area (Å²) in [5, 5.41) is 0. The number of carbonyl (C=O) groups excluding carboxylic acids is 1. The number of morpholine rings is 1. The van der Waals surface area contributed by atoms with Crippen molar-refractivity contribution in [3.63, 3.8) is 0 Å². The highest BCUT2D eigenvalue weighted by Crippen LogP contribution is 2.29. The summed E-state index contributed by atoms with van der Waals surface area (Å²) in [6.07, 6.45) is -2.75. The van der Waals surface area contributed by atoms with Crippen LogP contribution in [0.1, 0.15) is 38.6 Å². The van der Waals surface area contributed by atoms with E-state index in [1.165, 1.54) is 4.57 Å². The molecular formula is C27H28F2N6O4. The number of anilines is 1. The van der Waals surface area contributed by atoms with Crippen molar-refractivity contribution in [2.24, 2.45) is 0 Å². The van der Waals surface area contributed by atoms with E-state index in [-0.39, 0.29) is 30.3 Å². The van der Waals surface area contributed by atoms with Crippen LogP contribution in [0.2, 0.25) is 0 Å². The minimum absolute atomic E-state index is 0.0352. The molecule has 4 aromatic rings. The molecular weight excluding hydrogens is 510 g/mol. The molecule has 0 saturated carbocycles. The molecule has 0 radical (unpaired) electrons. The Morgan fingerprint density at radius 2 is 1.67 bits per heavy atom. The molecule has 0 aliphatic carbocycles. The van der Waals surface area contributed by atoms with Gasteiger partial charge >= 0.3 is 12.0 Å². The van der Waals surface area contributed by atoms with Crippen LogP contribution in [0.3, 0.4) is 0 Å². The summed E-state index contributed by atoms with van der Waals surface area (Å²) in [6, 6.07) is 13.5. The Morgan fingerprint density at radius 3 is 2.36 bits per heavy atom. The highest BCUT2D eigenvalue weighted by Gasteiger charge is 2.25. The van der Waals surface area contributed by atoms with Crippen LogP contribution in [0.4, 0.5) is 14.7 Å². The van der Waals surface area contributed by atoms with Gasteiger partial charge in [-0.15, -0.1) is 0 Å². The number of benzene rings is 2. The lowest BCUT2D eigenvalue weighted by Gasteiger charge is -2.27. The number of imidazole rings is 1. The molecule has 10 nitrogen and oxygen atoms in total. The minimum atomic E-state index is -2.86. The Balaban J connectivity index is 1.48. The van der Waals surface area contributed by atoms with Gasteiger partial charge in [-0.1, -0.05) is 24.3 Å². The SMILES string of the molecule is CC(C)(C)OC(=O)Cc1ccc(Oc2nc(N3CCOCC3)nc(-n3c(C(F)F)nc4ccccc43)n2)cc1. The normalized spacial score (nSPS) is 14.2. The molecule has 39 heavy (non-hydrogen) atoms. The predicted molar refractivity (Wildman–Crippen MR) is 139 cm³/mol. The van der Waals surface area contributed by atoms with E-state index < -0.39 is 17.9 Å². The number of fused-ring (bicyclic) bond motifs is 1. The average molecular weight is 539 g/mol. The summed E-state index contributed by atoms with van der Waals surface area (Å²) in [5.74, 6) is -0.175. The van der Waals surface area contributed by atoms with E-state index in [0.29, 0.717) is 43.1 Å². The second-order valence-electron chi connectivity index (χ2n) is 9.92. The highest BCUT2D eigenvalue weighted by molar-refractivity contribution is 5.77. The first-order chi connectivity index (χ1) is 18.7. The maximum atomic E-state index is 14.0. The van der Waals surface area contributed by atoms with Gasteiger partial charge in [-0.2, -0.15) is 15.0 Å². The Kier molecular flexibility index (Phi) is 7.38. The van der Waals surface area contributed by atoms with Gasteiger partial charge in [-0.05, 0) is 50.6 Å². The second kappa shape index (κ2) is 10.9. The van der Waals surface area contributed by atoms with Crippen LogP contribution in [0.25, 0.3) is 17.0 Å². The molecule has 3 heterocycles. The number of hydrogen-bond acceptors (Lipinski definition) is 9. The lowest BCUT2D eigenvalue weighted by molar-refractivity contribution is -0.153. The summed E-state index contributed by atoms with van der Waals surface area (Å²) in [4.78, 5) is 31.5. The maximum Gasteiger partial charge on any atom is 0.328 e. The third-order valence-electron chi connectivity index (χ3n) is 5.77. The van der Waals surface area contributed by atoms with Gasteiger partial charge in [0.25, 0.3) is 6.43 Å². The third kappa shape index (κ3) is 6.28. The number of esters is 1. The van der Waals surface area contributed by atoms with E-state index >= 15 is 0 Å². The van der Waals surface area contributed by atoms with E-state index in [1.807, 2.05) is 25.7 Å². The number of aromatic nitrogens is 5. The molecule has 204 valence electrons. The lowest BCUT2D eigenvalue weighted by atomic mass is 10.1. The molecule has 0 N–H and O–H groups in total. The molecule has 0 atom stereocenters. The number of ether oxygens (including phenoxy) is 3. The molecule has 0 spiro atoms. The van der Waals surface area contributed by atoms with E-state index in [2.05, 4.69) is 19.9 Å². The van der Waals surface area contributed by atoms with Crippen LogP contribution in [0.15, 0.2) is 48.5 Å². The monoisotopic (exact) mass is 538 g/mol. The van der Waals surface area contributed by atoms with Crippen molar-refractivity contribution in [1.29, 1.82) is 0 Å². The van der Waals surface area contributed by atoms with E-state index in [9.17, 15) is 13.6 Å². The topological polar surface area (TPSA) is 104 Å². The maximum absolute atomic E-state index is 14.0. The molecule has 0 bridgehead atoms. The largest absolute Gasteiger partial charge is 0.460 e. The van der Waals surface area contributed by atoms with Crippen LogP contribution < -0.4 is 9.64 Å². The quantitative estimate of drug-likeness (QED) is 0.311. The first kappa shape index (κ1) is 26.4. The number of para-hydroxylation sites is 2. The second-order valence-corrected chi connectivity index (χ2v) is 9.92. The van der Waals surface area contributed by atoms with Crippen LogP contribution >= 0.6 is 0 Å². The highest BCUT2D eigenvalue weighted by atomic mass is 19.3. The van der Waals surface area contributed by atoms with Gasteiger partial charge in [-0.3, -0.25) is 9.36 Å². The smallest absolute Gasteiger partial charge is 0.328 e. The van der Waals surface area contributed by atoms with Crippen LogP contribution in [0, 0.1) is 0 Å². The van der Waals surface area contributed by atoms with Gasteiger partial charge in [0, 0.05) is 13.1 Å². The molecule has 12 heteroatoms. The fraction of sp³-hybridized carbons (Fsp3) is 0.370. The molecule has 2 aromatic heterocycles. The van der Waals surface area contributed by atoms with Crippen molar-refractivity contribution in [3.8, 4) is 17.7 Å². The Morgan fingerprint density at radius 1 is 0.974 bits per heavy atom. The number of halogens is 2. The average Bonchev–Trinajstić information content (AvgIpc) is 3.29. The minimum Gasteiger partial charge on any atom is -0.460 e. The fourth-order valence-corrected chi connectivity index (χ4v) is 4.11. The molecule has 1 fully saturated rings. The first-order valence-electron chi connectivity index (χ1n) is 12.5. The van der Waals surface area contributed by atoms with Gasteiger partial charge in [-0.25, -0.2) is 13.8 Å². The first-order valence-corrected chi connectivity index (χ1v) is 12.5. The summed E-state index contributed by atoms with van der Waals surface area (Å²) < 4.78 is 46.0. The molecule has 1 aliphatic heterocycles. The zero-order valence-electron chi connectivity index (χ0n) is 21.8. The summed E-state index contributed by atoms with van der Waals surface area (Å²) in [6.45, 7) is 7.44. The Bertz CT molecular complexity index is 1460. The molecule has 1 saturated heterocycles. The van der Waals surface area contributed by atoms with Crippen molar-refractivity contribution < 1.29 is 27.8 Å². The predicted octanol–water partition coefficient (Wildman–Crippen LogP) is 4.66. The van der Waals surface area contributed by atoms with E-state index in [0.717, 1.165) is 5.56 Å². The van der Waals surface area contributed by atoms with Crippen molar-refractivity contribution in [3.05, 3.63) is 59.9 Å². The van der Waals surface area contributed by atoms with Crippen LogP contribution in [-0.4, -0.2) is 62.4 Å². The Hall–Kier alpha value is -4.19. The molecule has 1 aliphatic rings. The lowest BCUT2D eigenvalue weighted by Crippen LogP contribution is -2.37. The number of carbonyl (C=O) groups is 1. The Labute approximate surface area is 223 Å². The van der Waals surface area contributed by atoms with E-state index in [1.54, 1.807) is 48.5 Å². The molecule has 0 amide bonds. The van der Waals surface area contributed by atoms with Crippen LogP contribution in [0.5, 0.6) is 11.8 Å². The molecule has 5 rings (SSSR count). The fourth-order valence-electron chi connectivity index (χ4n) is 4.11. The van der Waals surface area contributed by atoms with Gasteiger partial charge in [0.1, 0.15) is 11.4 Å². The van der Waals surface area contributed by atoms with Crippen LogP contribution in [-0.2, 0) is 20.7 Å². The van der Waals surface area contributed by atoms with Crippen molar-refractivity contribution in [1.82, 2.24) is 24.5 Å². The van der Waals surface area contributed by atoms with Crippen molar-refractivity contribution in [2.75, 3.05) is 31.2 Å². The summed E-state index contributed by atoms with van der Waals surface area (Å²) >= 11 is 0. The van der Waals surface area contributed by atoms with Gasteiger partial charge in [0.05, 0.1) is 30.7 Å². The number of nitrogens with zero attached hydrogens (tertiary/aromatic N) is 6. The zero-order valence-corrected chi connectivity index (χ0v) is 21.8. The standard InChI is InChI=1S/C27H28F2N6O4/c1-27(2,3)39-21(36)16-17-8-10-18(11-9-17)38-26-32-24(34-12-14-37-15-13-34)31-25(33-26)35-20-7-5-4-6-19(20)30-23(35)22(28)29/h4-11,22H,12-16H2,1-3H3. The number of alkyl halides is 2. The molecule has 2 aromatic carbocycles. The van der Waals surface area contributed by atoms with Gasteiger partial charge < -0.3 is 19.1 Å². The summed E-state index contributed by atoms with van der Waals surface area (Å²) in [7, 11) is 0. The number of rotatable bonds is 7. The third-order valence-corrected chi connectivity index (χ3v) is 5.77. The van der Waals surface area contributed by atoms with E-state index in [4.69, 9.17) is 14.2 Å². The summed E-state index contributed by atoms with van der Waals surface area (Å²) in [5.41, 5.74) is 1.00. The number of hydrogen-bond donors (Lipinski definition) is 0.